The van der Waals surface area contributed by atoms with Crippen LogP contribution in [0, 0.1) is 13.8 Å². The van der Waals surface area contributed by atoms with Crippen LogP contribution in [0.5, 0.6) is 0 Å². The summed E-state index contributed by atoms with van der Waals surface area (Å²) in [4.78, 5) is 22.3. The van der Waals surface area contributed by atoms with Crippen LogP contribution in [-0.4, -0.2) is 57.9 Å². The molecule has 9 heteroatoms. The van der Waals surface area contributed by atoms with Crippen molar-refractivity contribution in [3.05, 3.63) is 83.4 Å². The fourth-order valence-electron chi connectivity index (χ4n) is 4.20. The van der Waals surface area contributed by atoms with E-state index in [0.29, 0.717) is 36.0 Å². The largest absolute Gasteiger partial charge is 0.308 e. The Morgan fingerprint density at radius 2 is 1.62 bits per heavy atom. The molecule has 3 aromatic carbocycles. The zero-order valence-electron chi connectivity index (χ0n) is 21.8. The van der Waals surface area contributed by atoms with Gasteiger partial charge in [-0.2, -0.15) is 0 Å². The van der Waals surface area contributed by atoms with Crippen molar-refractivity contribution < 1.29 is 13.2 Å². The van der Waals surface area contributed by atoms with Gasteiger partial charge in [-0.1, -0.05) is 35.6 Å². The van der Waals surface area contributed by atoms with Crippen LogP contribution in [-0.2, 0) is 10.0 Å². The molecule has 0 N–H and O–H groups in total. The minimum atomic E-state index is -3.78. The highest BCUT2D eigenvalue weighted by Gasteiger charge is 2.26. The summed E-state index contributed by atoms with van der Waals surface area (Å²) < 4.78 is 29.1. The molecule has 37 heavy (non-hydrogen) atoms. The van der Waals surface area contributed by atoms with Crippen molar-refractivity contribution in [2.45, 2.75) is 25.7 Å². The van der Waals surface area contributed by atoms with E-state index in [1.54, 1.807) is 36.1 Å². The Hall–Kier alpha value is -3.27. The minimum Gasteiger partial charge on any atom is -0.308 e. The third kappa shape index (κ3) is 5.69. The van der Waals surface area contributed by atoms with Gasteiger partial charge in [0, 0.05) is 25.2 Å². The number of rotatable bonds is 9. The summed E-state index contributed by atoms with van der Waals surface area (Å²) in [7, 11) is 0.142. The van der Waals surface area contributed by atoms with Crippen molar-refractivity contribution in [2.24, 2.45) is 0 Å². The highest BCUT2D eigenvalue weighted by molar-refractivity contribution is 7.92. The van der Waals surface area contributed by atoms with Crippen LogP contribution in [0.25, 0.3) is 10.2 Å². The van der Waals surface area contributed by atoms with Gasteiger partial charge in [-0.05, 0) is 88.5 Å². The number of para-hydroxylation sites is 1. The molecule has 0 fully saturated rings. The van der Waals surface area contributed by atoms with Crippen LogP contribution >= 0.6 is 11.3 Å². The monoisotopic (exact) mass is 536 g/mol. The Bertz CT molecular complexity index is 1500. The lowest BCUT2D eigenvalue weighted by Gasteiger charge is -2.24. The highest BCUT2D eigenvalue weighted by Crippen LogP contribution is 2.32. The van der Waals surface area contributed by atoms with Gasteiger partial charge in [0.05, 0.1) is 20.8 Å². The van der Waals surface area contributed by atoms with Gasteiger partial charge in [0.15, 0.2) is 5.13 Å². The number of carbonyl (C=O) groups excluding carboxylic acids is 1. The molecule has 0 aliphatic carbocycles. The lowest BCUT2D eigenvalue weighted by molar-refractivity contribution is 0.0985. The molecular formula is C28H32N4O3S2. The first kappa shape index (κ1) is 26.8. The van der Waals surface area contributed by atoms with E-state index < -0.39 is 10.0 Å². The van der Waals surface area contributed by atoms with Gasteiger partial charge in [-0.15, -0.1) is 0 Å². The van der Waals surface area contributed by atoms with E-state index in [-0.39, 0.29) is 10.8 Å². The molecule has 1 aromatic heterocycles. The zero-order valence-corrected chi connectivity index (χ0v) is 23.4. The van der Waals surface area contributed by atoms with Crippen LogP contribution in [0.3, 0.4) is 0 Å². The Morgan fingerprint density at radius 3 is 2.24 bits per heavy atom. The third-order valence-corrected chi connectivity index (χ3v) is 9.03. The summed E-state index contributed by atoms with van der Waals surface area (Å²) in [6.45, 7) is 7.29. The summed E-state index contributed by atoms with van der Waals surface area (Å²) in [6, 6.07) is 19.3. The smallest absolute Gasteiger partial charge is 0.264 e. The number of thiazole rings is 1. The van der Waals surface area contributed by atoms with E-state index >= 15 is 0 Å². The van der Waals surface area contributed by atoms with Gasteiger partial charge in [0.1, 0.15) is 0 Å². The van der Waals surface area contributed by atoms with Crippen molar-refractivity contribution in [3.63, 3.8) is 0 Å². The zero-order chi connectivity index (χ0) is 26.7. The molecule has 4 rings (SSSR count). The van der Waals surface area contributed by atoms with Crippen molar-refractivity contribution in [2.75, 3.05) is 42.9 Å². The molecule has 194 valence electrons. The van der Waals surface area contributed by atoms with Crippen molar-refractivity contribution in [3.8, 4) is 0 Å². The normalized spacial score (nSPS) is 11.7. The number of hydrogen-bond donors (Lipinski definition) is 0. The maximum absolute atomic E-state index is 13.7. The van der Waals surface area contributed by atoms with E-state index in [4.69, 9.17) is 4.98 Å². The predicted octanol–water partition coefficient (Wildman–Crippen LogP) is 5.34. The van der Waals surface area contributed by atoms with Crippen molar-refractivity contribution in [1.82, 2.24) is 9.88 Å². The molecule has 0 radical (unpaired) electrons. The van der Waals surface area contributed by atoms with Crippen LogP contribution in [0.1, 0.15) is 28.4 Å². The summed E-state index contributed by atoms with van der Waals surface area (Å²) in [5.41, 5.74) is 4.13. The van der Waals surface area contributed by atoms with Gasteiger partial charge in [0.2, 0.25) is 0 Å². The highest BCUT2D eigenvalue weighted by atomic mass is 32.2. The summed E-state index contributed by atoms with van der Waals surface area (Å²) in [5, 5.41) is 0.633. The van der Waals surface area contributed by atoms with E-state index in [2.05, 4.69) is 12.1 Å². The number of likely N-dealkylation sites (N-methyl/N-ethyl adjacent to an activating group) is 1. The Balaban J connectivity index is 1.66. The Labute approximate surface area is 223 Å². The summed E-state index contributed by atoms with van der Waals surface area (Å²) in [5.74, 6) is -0.213. The molecule has 7 nitrogen and oxygen atoms in total. The molecule has 0 unspecified atom stereocenters. The lowest BCUT2D eigenvalue weighted by Crippen LogP contribution is -2.36. The molecule has 0 bridgehead atoms. The minimum absolute atomic E-state index is 0.140. The number of hydrogen-bond acceptors (Lipinski definition) is 6. The predicted molar refractivity (Wildman–Crippen MR) is 152 cm³/mol. The molecule has 0 saturated heterocycles. The van der Waals surface area contributed by atoms with Crippen LogP contribution in [0.2, 0.25) is 0 Å². The number of anilines is 2. The van der Waals surface area contributed by atoms with Crippen LogP contribution in [0.4, 0.5) is 10.8 Å². The van der Waals surface area contributed by atoms with Gasteiger partial charge in [-0.25, -0.2) is 13.4 Å². The maximum atomic E-state index is 13.7. The molecule has 0 aliphatic heterocycles. The van der Waals surface area contributed by atoms with Crippen LogP contribution in [0.15, 0.2) is 71.6 Å². The quantitative estimate of drug-likeness (QED) is 0.289. The number of aromatic nitrogens is 1. The first-order valence-electron chi connectivity index (χ1n) is 12.1. The van der Waals surface area contributed by atoms with Gasteiger partial charge >= 0.3 is 0 Å². The third-order valence-electron chi connectivity index (χ3n) is 6.09. The topological polar surface area (TPSA) is 73.8 Å². The Morgan fingerprint density at radius 1 is 0.946 bits per heavy atom. The lowest BCUT2D eigenvalue weighted by atomic mass is 10.1. The Kier molecular flexibility index (Phi) is 7.96. The number of benzene rings is 3. The molecule has 1 amide bonds. The fraction of sp³-hybridized carbons (Fsp3) is 0.286. The average molecular weight is 537 g/mol. The van der Waals surface area contributed by atoms with Crippen molar-refractivity contribution >= 4 is 48.3 Å². The molecular weight excluding hydrogens is 504 g/mol. The number of carbonyl (C=O) groups is 1. The van der Waals surface area contributed by atoms with E-state index in [0.717, 1.165) is 21.3 Å². The second-order valence-electron chi connectivity index (χ2n) is 9.21. The standard InChI is InChI=1S/C28H32N4O3S2/c1-6-32(23-10-8-7-9-11-23)37(34,35)24-14-12-22(13-15-24)27(33)31(17-16-30(4)5)28-29-26-21(3)18-20(2)19-25(26)36-28/h7-15,18-19H,6,16-17H2,1-5H3. The summed E-state index contributed by atoms with van der Waals surface area (Å²) >= 11 is 1.49. The number of aryl methyl sites for hydroxylation is 2. The van der Waals surface area contributed by atoms with Gasteiger partial charge in [0.25, 0.3) is 15.9 Å². The van der Waals surface area contributed by atoms with Gasteiger partial charge < -0.3 is 4.90 Å². The number of sulfonamides is 1. The van der Waals surface area contributed by atoms with E-state index in [9.17, 15) is 13.2 Å². The first-order chi connectivity index (χ1) is 17.6. The second-order valence-corrected chi connectivity index (χ2v) is 12.1. The molecule has 1 heterocycles. The number of amides is 1. The first-order valence-corrected chi connectivity index (χ1v) is 14.4. The SMILES string of the molecule is CCN(c1ccccc1)S(=O)(=O)c1ccc(C(=O)N(CCN(C)C)c2nc3c(C)cc(C)cc3s2)cc1. The molecule has 0 atom stereocenters. The number of nitrogens with zero attached hydrogens (tertiary/aromatic N) is 4. The van der Waals surface area contributed by atoms with E-state index in [1.807, 2.05) is 51.0 Å². The maximum Gasteiger partial charge on any atom is 0.264 e. The molecule has 0 saturated carbocycles. The second kappa shape index (κ2) is 11.0. The fourth-order valence-corrected chi connectivity index (χ4v) is 6.84. The number of fused-ring (bicyclic) bond motifs is 1. The van der Waals surface area contributed by atoms with Crippen molar-refractivity contribution in [1.29, 1.82) is 0 Å². The van der Waals surface area contributed by atoms with Gasteiger partial charge in [-0.3, -0.25) is 14.0 Å². The van der Waals surface area contributed by atoms with E-state index in [1.165, 1.54) is 27.8 Å². The summed E-state index contributed by atoms with van der Waals surface area (Å²) in [6.07, 6.45) is 0. The average Bonchev–Trinajstić information content (AvgIpc) is 3.29. The molecule has 0 spiro atoms. The van der Waals surface area contributed by atoms with Crippen LogP contribution < -0.4 is 9.21 Å². The molecule has 0 aliphatic rings. The molecule has 4 aromatic rings.